The van der Waals surface area contributed by atoms with Crippen LogP contribution in [0.5, 0.6) is 0 Å². The number of fused-ring (bicyclic) bond motifs is 1. The van der Waals surface area contributed by atoms with Gasteiger partial charge in [-0.05, 0) is 38.0 Å². The van der Waals surface area contributed by atoms with E-state index in [0.717, 1.165) is 22.9 Å². The number of rotatable bonds is 3. The molecule has 3 N–H and O–H groups in total. The smallest absolute Gasteiger partial charge is 0.242 e. The molecule has 1 fully saturated rings. The third-order valence-corrected chi connectivity index (χ3v) is 4.47. The second-order valence-electron chi connectivity index (χ2n) is 6.95. The Labute approximate surface area is 160 Å². The lowest BCUT2D eigenvalue weighted by atomic mass is 9.94. The summed E-state index contributed by atoms with van der Waals surface area (Å²) in [7, 11) is 0. The van der Waals surface area contributed by atoms with Gasteiger partial charge in [-0.15, -0.1) is 24.8 Å². The van der Waals surface area contributed by atoms with Gasteiger partial charge in [0, 0.05) is 30.6 Å². The first-order chi connectivity index (χ1) is 10.9. The number of nitrogens with two attached hydrogens (primary N) is 1. The number of aliphatic hydroxyl groups is 1. The van der Waals surface area contributed by atoms with Gasteiger partial charge >= 0.3 is 0 Å². The number of aliphatic hydroxyl groups excluding tert-OH is 1. The van der Waals surface area contributed by atoms with E-state index in [1.807, 2.05) is 30.3 Å². The first-order valence-corrected chi connectivity index (χ1v) is 7.95. The molecule has 0 bridgehead atoms. The van der Waals surface area contributed by atoms with Gasteiger partial charge in [-0.25, -0.2) is 0 Å². The zero-order valence-corrected chi connectivity index (χ0v) is 16.0. The third-order valence-electron chi connectivity index (χ3n) is 4.47. The molecule has 1 saturated heterocycles. The topological polar surface area (TPSA) is 79.5 Å². The molecule has 2 aromatic rings. The number of carbonyl (C=O) groups excluding carboxylic acids is 1. The fraction of sp³-hybridized carbons (Fsp3) is 0.444. The van der Waals surface area contributed by atoms with Crippen LogP contribution in [0.1, 0.15) is 19.4 Å². The summed E-state index contributed by atoms with van der Waals surface area (Å²) in [6, 6.07) is 9.98. The summed E-state index contributed by atoms with van der Waals surface area (Å²) < 4.78 is 0. The molecule has 25 heavy (non-hydrogen) atoms. The van der Waals surface area contributed by atoms with Crippen LogP contribution < -0.4 is 5.73 Å². The van der Waals surface area contributed by atoms with Crippen molar-refractivity contribution in [3.8, 4) is 0 Å². The van der Waals surface area contributed by atoms with Gasteiger partial charge in [-0.2, -0.15) is 0 Å². The number of pyridine rings is 1. The Kier molecular flexibility index (Phi) is 7.20. The van der Waals surface area contributed by atoms with Crippen molar-refractivity contribution in [1.82, 2.24) is 9.88 Å². The van der Waals surface area contributed by atoms with E-state index < -0.39 is 11.6 Å². The van der Waals surface area contributed by atoms with Crippen molar-refractivity contribution < 1.29 is 9.90 Å². The van der Waals surface area contributed by atoms with Gasteiger partial charge in [0.25, 0.3) is 0 Å². The number of likely N-dealkylation sites (tertiary alicyclic amines) is 1. The number of β-amino-alcohol motifs (C(OH)–C–C–N with tert-alkyl or cyclic N) is 1. The van der Waals surface area contributed by atoms with Crippen LogP contribution in [-0.2, 0) is 11.2 Å². The Morgan fingerprint density at radius 3 is 2.64 bits per heavy atom. The largest absolute Gasteiger partial charge is 0.391 e. The molecule has 138 valence electrons. The lowest BCUT2D eigenvalue weighted by molar-refractivity contribution is -0.135. The normalized spacial score (nSPS) is 20.1. The number of hydrogen-bond acceptors (Lipinski definition) is 4. The minimum Gasteiger partial charge on any atom is -0.391 e. The van der Waals surface area contributed by atoms with E-state index in [1.165, 1.54) is 0 Å². The van der Waals surface area contributed by atoms with E-state index in [1.54, 1.807) is 24.9 Å². The number of amides is 1. The quantitative estimate of drug-likeness (QED) is 0.848. The van der Waals surface area contributed by atoms with Gasteiger partial charge in [0.15, 0.2) is 0 Å². The standard InChI is InChI=1S/C18H23N3O2.2ClH/c1-18(2,19)17(23)21-10-13(16(22)11-21)9-12-7-8-20-15-6-4-3-5-14(12)15;;/h3-8,13,16,22H,9-11,19H2,1-2H3;2*1H/t13-,16-;;/m1../s1. The van der Waals surface area contributed by atoms with Crippen LogP contribution >= 0.6 is 24.8 Å². The summed E-state index contributed by atoms with van der Waals surface area (Å²) in [5, 5.41) is 11.5. The van der Waals surface area contributed by atoms with Crippen molar-refractivity contribution in [2.75, 3.05) is 13.1 Å². The van der Waals surface area contributed by atoms with Crippen LogP contribution in [0.15, 0.2) is 36.5 Å². The van der Waals surface area contributed by atoms with E-state index in [4.69, 9.17) is 5.73 Å². The van der Waals surface area contributed by atoms with Crippen molar-refractivity contribution >= 4 is 41.6 Å². The van der Waals surface area contributed by atoms with Gasteiger partial charge < -0.3 is 15.7 Å². The van der Waals surface area contributed by atoms with Crippen LogP contribution in [0.3, 0.4) is 0 Å². The van der Waals surface area contributed by atoms with Crippen LogP contribution in [0, 0.1) is 5.92 Å². The summed E-state index contributed by atoms with van der Waals surface area (Å²) in [6.45, 7) is 4.29. The number of benzene rings is 1. The molecule has 1 aromatic carbocycles. The molecule has 0 aliphatic carbocycles. The second kappa shape index (κ2) is 8.32. The molecule has 1 aliphatic rings. The number of hydrogen-bond donors (Lipinski definition) is 2. The van der Waals surface area contributed by atoms with Crippen LogP contribution in [0.2, 0.25) is 0 Å². The number of halogens is 2. The minimum atomic E-state index is -0.905. The van der Waals surface area contributed by atoms with Crippen LogP contribution in [0.4, 0.5) is 0 Å². The molecular formula is C18H25Cl2N3O2. The molecule has 0 radical (unpaired) electrons. The first-order valence-electron chi connectivity index (χ1n) is 7.95. The summed E-state index contributed by atoms with van der Waals surface area (Å²) in [4.78, 5) is 18.3. The predicted octanol–water partition coefficient (Wildman–Crippen LogP) is 2.18. The molecule has 5 nitrogen and oxygen atoms in total. The van der Waals surface area contributed by atoms with Gasteiger partial charge in [0.05, 0.1) is 17.2 Å². The molecule has 1 aliphatic heterocycles. The molecule has 0 spiro atoms. The monoisotopic (exact) mass is 385 g/mol. The Morgan fingerprint density at radius 1 is 1.28 bits per heavy atom. The zero-order chi connectivity index (χ0) is 16.6. The Hall–Kier alpha value is -1.40. The fourth-order valence-corrected chi connectivity index (χ4v) is 3.24. The average Bonchev–Trinajstić information content (AvgIpc) is 2.87. The molecule has 0 unspecified atom stereocenters. The molecule has 7 heteroatoms. The summed E-state index contributed by atoms with van der Waals surface area (Å²) in [5.41, 5.74) is 7.10. The van der Waals surface area contributed by atoms with Crippen molar-refractivity contribution in [2.24, 2.45) is 11.7 Å². The maximum atomic E-state index is 12.3. The maximum Gasteiger partial charge on any atom is 0.242 e. The highest BCUT2D eigenvalue weighted by molar-refractivity contribution is 5.86. The van der Waals surface area contributed by atoms with Gasteiger partial charge in [-0.1, -0.05) is 18.2 Å². The van der Waals surface area contributed by atoms with E-state index in [0.29, 0.717) is 13.1 Å². The fourth-order valence-electron chi connectivity index (χ4n) is 3.24. The molecular weight excluding hydrogens is 361 g/mol. The van der Waals surface area contributed by atoms with E-state index in [9.17, 15) is 9.90 Å². The first kappa shape index (κ1) is 21.6. The molecule has 1 amide bonds. The molecule has 2 atom stereocenters. The maximum absolute atomic E-state index is 12.3. The minimum absolute atomic E-state index is 0. The lowest BCUT2D eigenvalue weighted by Crippen LogP contribution is -2.50. The number of para-hydroxylation sites is 1. The highest BCUT2D eigenvalue weighted by atomic mass is 35.5. The van der Waals surface area contributed by atoms with E-state index in [-0.39, 0.29) is 36.6 Å². The number of carbonyl (C=O) groups is 1. The summed E-state index contributed by atoms with van der Waals surface area (Å²) in [5.74, 6) is -0.0919. The van der Waals surface area contributed by atoms with Gasteiger partial charge in [0.2, 0.25) is 5.91 Å². The molecule has 3 rings (SSSR count). The second-order valence-corrected chi connectivity index (χ2v) is 6.95. The van der Waals surface area contributed by atoms with Crippen molar-refractivity contribution in [1.29, 1.82) is 0 Å². The van der Waals surface area contributed by atoms with Gasteiger partial charge in [-0.3, -0.25) is 9.78 Å². The molecule has 2 heterocycles. The molecule has 0 saturated carbocycles. The predicted molar refractivity (Wildman–Crippen MR) is 104 cm³/mol. The SMILES string of the molecule is CC(C)(N)C(=O)N1C[C@@H](Cc2ccnc3ccccc23)[C@H](O)C1.Cl.Cl. The number of nitrogens with zero attached hydrogens (tertiary/aromatic N) is 2. The van der Waals surface area contributed by atoms with Crippen molar-refractivity contribution in [3.63, 3.8) is 0 Å². The average molecular weight is 386 g/mol. The van der Waals surface area contributed by atoms with Crippen LogP contribution in [0.25, 0.3) is 10.9 Å². The molecule has 1 aromatic heterocycles. The zero-order valence-electron chi connectivity index (χ0n) is 14.4. The summed E-state index contributed by atoms with van der Waals surface area (Å²) in [6.07, 6.45) is 2.00. The number of aromatic nitrogens is 1. The van der Waals surface area contributed by atoms with E-state index >= 15 is 0 Å². The Balaban J connectivity index is 0.00000156. The van der Waals surface area contributed by atoms with Gasteiger partial charge in [0.1, 0.15) is 0 Å². The highest BCUT2D eigenvalue weighted by Gasteiger charge is 2.38. The third kappa shape index (κ3) is 4.61. The Bertz CT molecular complexity index is 728. The lowest BCUT2D eigenvalue weighted by Gasteiger charge is -2.25. The highest BCUT2D eigenvalue weighted by Crippen LogP contribution is 2.26. The van der Waals surface area contributed by atoms with Crippen molar-refractivity contribution in [2.45, 2.75) is 31.9 Å². The van der Waals surface area contributed by atoms with E-state index in [2.05, 4.69) is 4.98 Å². The van der Waals surface area contributed by atoms with Crippen LogP contribution in [-0.4, -0.2) is 45.6 Å². The van der Waals surface area contributed by atoms with Crippen molar-refractivity contribution in [3.05, 3.63) is 42.1 Å². The summed E-state index contributed by atoms with van der Waals surface area (Å²) >= 11 is 0. The Morgan fingerprint density at radius 2 is 1.96 bits per heavy atom.